The summed E-state index contributed by atoms with van der Waals surface area (Å²) in [5, 5.41) is 8.85. The SMILES string of the molecule is CC1=Cc2ccccc2C(C)c2nnc([S+](C)[O-])n21. The van der Waals surface area contributed by atoms with E-state index in [0.29, 0.717) is 5.16 Å². The fourth-order valence-electron chi connectivity index (χ4n) is 2.54. The Morgan fingerprint density at radius 2 is 2.00 bits per heavy atom. The molecule has 19 heavy (non-hydrogen) atoms. The van der Waals surface area contributed by atoms with Crippen LogP contribution in [-0.4, -0.2) is 25.6 Å². The normalized spacial score (nSPS) is 19.2. The molecule has 3 rings (SSSR count). The summed E-state index contributed by atoms with van der Waals surface area (Å²) in [6, 6.07) is 8.26. The maximum absolute atomic E-state index is 11.8. The minimum Gasteiger partial charge on any atom is -0.609 e. The summed E-state index contributed by atoms with van der Waals surface area (Å²) < 4.78 is 13.7. The van der Waals surface area contributed by atoms with Gasteiger partial charge in [0.2, 0.25) is 0 Å². The highest BCUT2D eigenvalue weighted by Gasteiger charge is 2.28. The molecule has 1 aromatic carbocycles. The Kier molecular flexibility index (Phi) is 2.95. The third-order valence-electron chi connectivity index (χ3n) is 3.48. The van der Waals surface area contributed by atoms with Crippen LogP contribution in [0.25, 0.3) is 11.8 Å². The molecular formula is C14H15N3OS. The molecular weight excluding hydrogens is 258 g/mol. The van der Waals surface area contributed by atoms with Gasteiger partial charge in [0.05, 0.1) is 0 Å². The molecule has 0 saturated heterocycles. The Hall–Kier alpha value is -1.59. The zero-order valence-corrected chi connectivity index (χ0v) is 11.9. The van der Waals surface area contributed by atoms with Gasteiger partial charge in [0.15, 0.2) is 0 Å². The maximum atomic E-state index is 11.8. The van der Waals surface area contributed by atoms with Crippen LogP contribution in [-0.2, 0) is 11.2 Å². The predicted octanol–water partition coefficient (Wildman–Crippen LogP) is 2.50. The fraction of sp³-hybridized carbons (Fsp3) is 0.286. The van der Waals surface area contributed by atoms with Crippen molar-refractivity contribution in [3.63, 3.8) is 0 Å². The second-order valence-corrected chi connectivity index (χ2v) is 6.04. The number of hydrogen-bond donors (Lipinski definition) is 0. The molecule has 2 unspecified atom stereocenters. The number of nitrogens with zero attached hydrogens (tertiary/aromatic N) is 3. The Balaban J connectivity index is 2.28. The molecule has 98 valence electrons. The lowest BCUT2D eigenvalue weighted by Gasteiger charge is -2.12. The standard InChI is InChI=1S/C14H15N3OS/c1-9-8-11-6-4-5-7-12(11)10(2)13-15-16-14(17(9)13)19(3)18/h4-8,10H,1-3H3. The van der Waals surface area contributed by atoms with Gasteiger partial charge in [0, 0.05) is 22.8 Å². The second-order valence-electron chi connectivity index (χ2n) is 4.77. The first-order valence-corrected chi connectivity index (χ1v) is 7.71. The highest BCUT2D eigenvalue weighted by molar-refractivity contribution is 7.90. The first-order chi connectivity index (χ1) is 9.09. The Bertz CT molecular complexity index is 660. The Morgan fingerprint density at radius 1 is 1.26 bits per heavy atom. The van der Waals surface area contributed by atoms with Gasteiger partial charge in [-0.05, 0) is 24.1 Å². The summed E-state index contributed by atoms with van der Waals surface area (Å²) in [6.07, 6.45) is 3.73. The van der Waals surface area contributed by atoms with Crippen LogP contribution in [0.15, 0.2) is 29.4 Å². The van der Waals surface area contributed by atoms with E-state index in [2.05, 4.69) is 35.3 Å². The monoisotopic (exact) mass is 273 g/mol. The molecule has 1 aliphatic heterocycles. The van der Waals surface area contributed by atoms with E-state index in [4.69, 9.17) is 0 Å². The highest BCUT2D eigenvalue weighted by atomic mass is 32.2. The minimum atomic E-state index is -1.15. The molecule has 1 aromatic heterocycles. The zero-order chi connectivity index (χ0) is 13.6. The van der Waals surface area contributed by atoms with Crippen molar-refractivity contribution < 1.29 is 4.55 Å². The van der Waals surface area contributed by atoms with Crippen LogP contribution in [0.2, 0.25) is 0 Å². The molecule has 0 fully saturated rings. The number of allylic oxidation sites excluding steroid dienone is 1. The Labute approximate surface area is 115 Å². The summed E-state index contributed by atoms with van der Waals surface area (Å²) in [7, 11) is 0. The maximum Gasteiger partial charge on any atom is 0.347 e. The lowest BCUT2D eigenvalue weighted by Crippen LogP contribution is -2.11. The summed E-state index contributed by atoms with van der Waals surface area (Å²) in [4.78, 5) is 0. The summed E-state index contributed by atoms with van der Waals surface area (Å²) >= 11 is -1.15. The minimum absolute atomic E-state index is 0.134. The highest BCUT2D eigenvalue weighted by Crippen LogP contribution is 2.33. The molecule has 0 saturated carbocycles. The van der Waals surface area contributed by atoms with Crippen LogP contribution < -0.4 is 0 Å². The van der Waals surface area contributed by atoms with E-state index in [1.165, 1.54) is 11.1 Å². The van der Waals surface area contributed by atoms with E-state index in [0.717, 1.165) is 11.5 Å². The van der Waals surface area contributed by atoms with Crippen LogP contribution >= 0.6 is 0 Å². The largest absolute Gasteiger partial charge is 0.609 e. The van der Waals surface area contributed by atoms with Crippen molar-refractivity contribution in [1.82, 2.24) is 14.8 Å². The van der Waals surface area contributed by atoms with Crippen LogP contribution in [0.1, 0.15) is 36.7 Å². The smallest absolute Gasteiger partial charge is 0.347 e. The number of benzene rings is 1. The molecule has 0 radical (unpaired) electrons. The van der Waals surface area contributed by atoms with E-state index in [1.807, 2.05) is 23.6 Å². The van der Waals surface area contributed by atoms with Gasteiger partial charge in [-0.2, -0.15) is 0 Å². The van der Waals surface area contributed by atoms with Gasteiger partial charge in [-0.25, -0.2) is 4.57 Å². The third-order valence-corrected chi connectivity index (χ3v) is 4.26. The summed E-state index contributed by atoms with van der Waals surface area (Å²) in [5.41, 5.74) is 3.41. The van der Waals surface area contributed by atoms with E-state index < -0.39 is 11.2 Å². The van der Waals surface area contributed by atoms with Crippen molar-refractivity contribution in [2.24, 2.45) is 0 Å². The van der Waals surface area contributed by atoms with Crippen molar-refractivity contribution in [2.45, 2.75) is 24.9 Å². The van der Waals surface area contributed by atoms with Gasteiger partial charge in [0.25, 0.3) is 0 Å². The molecule has 2 atom stereocenters. The van der Waals surface area contributed by atoms with Crippen LogP contribution in [0.5, 0.6) is 0 Å². The molecule has 0 amide bonds. The molecule has 0 N–H and O–H groups in total. The van der Waals surface area contributed by atoms with E-state index >= 15 is 0 Å². The van der Waals surface area contributed by atoms with E-state index in [1.54, 1.807) is 6.26 Å². The van der Waals surface area contributed by atoms with Crippen molar-refractivity contribution >= 4 is 22.9 Å². The van der Waals surface area contributed by atoms with Crippen LogP contribution in [0.3, 0.4) is 0 Å². The summed E-state index contributed by atoms with van der Waals surface area (Å²) in [5.74, 6) is 0.985. The van der Waals surface area contributed by atoms with Gasteiger partial charge in [-0.3, -0.25) is 0 Å². The molecule has 2 aromatic rings. The lowest BCUT2D eigenvalue weighted by molar-refractivity contribution is 0.588. The number of hydrogen-bond acceptors (Lipinski definition) is 3. The average molecular weight is 273 g/mol. The van der Waals surface area contributed by atoms with Gasteiger partial charge in [-0.1, -0.05) is 36.3 Å². The molecule has 0 aliphatic carbocycles. The first kappa shape index (κ1) is 12.4. The fourth-order valence-corrected chi connectivity index (χ4v) is 3.20. The molecule has 5 heteroatoms. The molecule has 4 nitrogen and oxygen atoms in total. The summed E-state index contributed by atoms with van der Waals surface area (Å²) in [6.45, 7) is 4.10. The Morgan fingerprint density at radius 3 is 2.74 bits per heavy atom. The van der Waals surface area contributed by atoms with Gasteiger partial charge >= 0.3 is 5.16 Å². The second kappa shape index (κ2) is 4.51. The molecule has 0 spiro atoms. The molecule has 1 aliphatic rings. The van der Waals surface area contributed by atoms with Crippen molar-refractivity contribution in [3.8, 4) is 0 Å². The number of rotatable bonds is 1. The van der Waals surface area contributed by atoms with E-state index in [9.17, 15) is 4.55 Å². The average Bonchev–Trinajstić information content (AvgIpc) is 2.79. The van der Waals surface area contributed by atoms with Crippen molar-refractivity contribution in [2.75, 3.05) is 6.26 Å². The first-order valence-electron chi connectivity index (χ1n) is 6.16. The number of fused-ring (bicyclic) bond motifs is 2. The molecule has 0 bridgehead atoms. The number of aromatic nitrogens is 3. The quantitative estimate of drug-likeness (QED) is 0.750. The van der Waals surface area contributed by atoms with Crippen LogP contribution in [0, 0.1) is 0 Å². The van der Waals surface area contributed by atoms with Crippen LogP contribution in [0.4, 0.5) is 0 Å². The zero-order valence-electron chi connectivity index (χ0n) is 11.1. The lowest BCUT2D eigenvalue weighted by atomic mass is 9.96. The van der Waals surface area contributed by atoms with Gasteiger partial charge in [0.1, 0.15) is 12.1 Å². The van der Waals surface area contributed by atoms with Gasteiger partial charge in [-0.15, -0.1) is 5.10 Å². The van der Waals surface area contributed by atoms with Crippen molar-refractivity contribution in [1.29, 1.82) is 0 Å². The van der Waals surface area contributed by atoms with E-state index in [-0.39, 0.29) is 5.92 Å². The van der Waals surface area contributed by atoms with Gasteiger partial charge < -0.3 is 4.55 Å². The van der Waals surface area contributed by atoms with Crippen molar-refractivity contribution in [3.05, 3.63) is 41.2 Å². The molecule has 2 heterocycles. The topological polar surface area (TPSA) is 53.8 Å². The third kappa shape index (κ3) is 1.89. The predicted molar refractivity (Wildman–Crippen MR) is 76.2 cm³/mol.